The molecule has 0 atom stereocenters. The van der Waals surface area contributed by atoms with Gasteiger partial charge in [0, 0.05) is 0 Å². The monoisotopic (exact) mass is 169 g/mol. The van der Waals surface area contributed by atoms with E-state index in [2.05, 4.69) is 11.7 Å². The summed E-state index contributed by atoms with van der Waals surface area (Å²) < 4.78 is 1.65. The zero-order chi connectivity index (χ0) is 8.27. The smallest absolute Gasteiger partial charge is 0.200 e. The van der Waals surface area contributed by atoms with E-state index in [0.29, 0.717) is 11.3 Å². The molecule has 4 heteroatoms. The topological polar surface area (TPSA) is 41.7 Å². The summed E-state index contributed by atoms with van der Waals surface area (Å²) in [5.41, 5.74) is 0. The van der Waals surface area contributed by atoms with Gasteiger partial charge < -0.3 is 0 Å². The first kappa shape index (κ1) is 8.20. The van der Waals surface area contributed by atoms with Crippen LogP contribution in [0.1, 0.15) is 11.9 Å². The Morgan fingerprint density at radius 3 is 3.00 bits per heavy atom. The van der Waals surface area contributed by atoms with Crippen LogP contribution in [0.15, 0.2) is 12.7 Å². The van der Waals surface area contributed by atoms with E-state index >= 15 is 0 Å². The van der Waals surface area contributed by atoms with Crippen molar-refractivity contribution in [2.24, 2.45) is 0 Å². The Balaban J connectivity index is 2.97. The van der Waals surface area contributed by atoms with Gasteiger partial charge >= 0.3 is 0 Å². The van der Waals surface area contributed by atoms with Gasteiger partial charge in [0.1, 0.15) is 5.01 Å². The third-order valence-corrected chi connectivity index (χ3v) is 2.30. The normalized spacial score (nSPS) is 9.91. The predicted molar refractivity (Wildman–Crippen MR) is 45.5 cm³/mol. The van der Waals surface area contributed by atoms with Crippen molar-refractivity contribution in [3.63, 3.8) is 0 Å². The van der Waals surface area contributed by atoms with Crippen LogP contribution < -0.4 is 4.80 Å². The fraction of sp³-hybridized carbons (Fsp3) is 0.429. The van der Waals surface area contributed by atoms with Crippen LogP contribution >= 0.6 is 11.3 Å². The van der Waals surface area contributed by atoms with Gasteiger partial charge in [-0.3, -0.25) is 5.41 Å². The van der Waals surface area contributed by atoms with Crippen LogP contribution in [0.2, 0.25) is 0 Å². The fourth-order valence-electron chi connectivity index (χ4n) is 0.754. The summed E-state index contributed by atoms with van der Waals surface area (Å²) >= 11 is 1.43. The minimum Gasteiger partial charge on any atom is -0.274 e. The molecule has 3 nitrogen and oxygen atoms in total. The summed E-state index contributed by atoms with van der Waals surface area (Å²) in [6.45, 7) is 6.27. The molecule has 0 spiro atoms. The maximum absolute atomic E-state index is 7.47. The van der Waals surface area contributed by atoms with Gasteiger partial charge in [-0.05, 0) is 6.42 Å². The molecule has 0 fully saturated rings. The molecule has 0 amide bonds. The van der Waals surface area contributed by atoms with E-state index in [0.717, 1.165) is 11.4 Å². The number of hydrogen-bond donors (Lipinski definition) is 1. The Labute approximate surface area is 69.5 Å². The third kappa shape index (κ3) is 1.77. The molecule has 0 saturated heterocycles. The average Bonchev–Trinajstić information content (AvgIpc) is 2.33. The zero-order valence-electron chi connectivity index (χ0n) is 6.50. The molecule has 11 heavy (non-hydrogen) atoms. The van der Waals surface area contributed by atoms with E-state index in [9.17, 15) is 0 Å². The number of hydrogen-bond acceptors (Lipinski definition) is 3. The van der Waals surface area contributed by atoms with Crippen LogP contribution in [0.4, 0.5) is 0 Å². The molecule has 1 heterocycles. The molecule has 1 rings (SSSR count). The number of rotatable bonds is 3. The fourth-order valence-corrected chi connectivity index (χ4v) is 1.48. The SMILES string of the molecule is C=CCn1nc(CC)sc1=N. The molecule has 0 unspecified atom stereocenters. The van der Waals surface area contributed by atoms with Crippen molar-refractivity contribution >= 4 is 11.3 Å². The van der Waals surface area contributed by atoms with Gasteiger partial charge in [0.05, 0.1) is 6.54 Å². The maximum atomic E-state index is 7.47. The number of aromatic nitrogens is 2. The minimum absolute atomic E-state index is 0.502. The van der Waals surface area contributed by atoms with E-state index < -0.39 is 0 Å². The second-order valence-electron chi connectivity index (χ2n) is 2.13. The second kappa shape index (κ2) is 3.48. The molecular weight excluding hydrogens is 158 g/mol. The van der Waals surface area contributed by atoms with Gasteiger partial charge in [-0.1, -0.05) is 24.3 Å². The van der Waals surface area contributed by atoms with Crippen molar-refractivity contribution in [1.82, 2.24) is 9.78 Å². The molecule has 60 valence electrons. The highest BCUT2D eigenvalue weighted by molar-refractivity contribution is 7.08. The lowest BCUT2D eigenvalue weighted by atomic mass is 10.5. The van der Waals surface area contributed by atoms with Crippen molar-refractivity contribution in [3.8, 4) is 0 Å². The summed E-state index contributed by atoms with van der Waals surface area (Å²) in [6.07, 6.45) is 2.65. The standard InChI is InChI=1S/C7H11N3S/c1-3-5-10-7(8)11-6(4-2)9-10/h3,8H,1,4-5H2,2H3. The molecule has 0 radical (unpaired) electrons. The highest BCUT2D eigenvalue weighted by atomic mass is 32.1. The Kier molecular flexibility index (Phi) is 2.59. The lowest BCUT2D eigenvalue weighted by Crippen LogP contribution is -2.13. The third-order valence-electron chi connectivity index (χ3n) is 1.29. The van der Waals surface area contributed by atoms with E-state index in [1.807, 2.05) is 6.92 Å². The van der Waals surface area contributed by atoms with Gasteiger partial charge in [0.2, 0.25) is 4.80 Å². The first-order chi connectivity index (χ1) is 5.27. The lowest BCUT2D eigenvalue weighted by molar-refractivity contribution is 0.650. The van der Waals surface area contributed by atoms with Crippen LogP contribution in [-0.4, -0.2) is 9.78 Å². The van der Waals surface area contributed by atoms with Crippen molar-refractivity contribution < 1.29 is 0 Å². The highest BCUT2D eigenvalue weighted by Gasteiger charge is 1.98. The molecule has 0 aliphatic heterocycles. The van der Waals surface area contributed by atoms with E-state index in [-0.39, 0.29) is 0 Å². The number of allylic oxidation sites excluding steroid dienone is 1. The summed E-state index contributed by atoms with van der Waals surface area (Å²) in [7, 11) is 0. The van der Waals surface area contributed by atoms with Crippen molar-refractivity contribution in [2.75, 3.05) is 0 Å². The Morgan fingerprint density at radius 2 is 2.55 bits per heavy atom. The number of aryl methyl sites for hydroxylation is 1. The Hall–Kier alpha value is -0.900. The zero-order valence-corrected chi connectivity index (χ0v) is 7.32. The molecule has 0 aliphatic rings. The molecule has 1 aromatic heterocycles. The first-order valence-electron chi connectivity index (χ1n) is 3.50. The van der Waals surface area contributed by atoms with E-state index in [1.165, 1.54) is 11.3 Å². The highest BCUT2D eigenvalue weighted by Crippen LogP contribution is 1.98. The van der Waals surface area contributed by atoms with Crippen LogP contribution in [-0.2, 0) is 13.0 Å². The van der Waals surface area contributed by atoms with Crippen molar-refractivity contribution in [1.29, 1.82) is 5.41 Å². The predicted octanol–water partition coefficient (Wildman–Crippen LogP) is 1.17. The average molecular weight is 169 g/mol. The largest absolute Gasteiger partial charge is 0.274 e. The van der Waals surface area contributed by atoms with E-state index in [1.54, 1.807) is 10.8 Å². The summed E-state index contributed by atoms with van der Waals surface area (Å²) in [4.78, 5) is 0.502. The molecule has 0 aliphatic carbocycles. The summed E-state index contributed by atoms with van der Waals surface area (Å²) in [6, 6.07) is 0. The molecule has 0 aromatic carbocycles. The number of nitrogens with one attached hydrogen (secondary N) is 1. The minimum atomic E-state index is 0.502. The number of nitrogens with zero attached hydrogens (tertiary/aromatic N) is 2. The molecule has 1 N–H and O–H groups in total. The quantitative estimate of drug-likeness (QED) is 0.678. The van der Waals surface area contributed by atoms with Gasteiger partial charge in [-0.15, -0.1) is 6.58 Å². The summed E-state index contributed by atoms with van der Waals surface area (Å²) in [5, 5.41) is 12.7. The van der Waals surface area contributed by atoms with Crippen molar-refractivity contribution in [2.45, 2.75) is 19.9 Å². The van der Waals surface area contributed by atoms with Gasteiger partial charge in [-0.2, -0.15) is 5.10 Å². The van der Waals surface area contributed by atoms with E-state index in [4.69, 9.17) is 5.41 Å². The maximum Gasteiger partial charge on any atom is 0.200 e. The second-order valence-corrected chi connectivity index (χ2v) is 3.19. The van der Waals surface area contributed by atoms with Gasteiger partial charge in [0.25, 0.3) is 0 Å². The van der Waals surface area contributed by atoms with Crippen LogP contribution in [0.25, 0.3) is 0 Å². The molecular formula is C7H11N3S. The van der Waals surface area contributed by atoms with Gasteiger partial charge in [0.15, 0.2) is 0 Å². The first-order valence-corrected chi connectivity index (χ1v) is 4.32. The van der Waals surface area contributed by atoms with Crippen LogP contribution in [0, 0.1) is 5.41 Å². The van der Waals surface area contributed by atoms with Crippen LogP contribution in [0.5, 0.6) is 0 Å². The lowest BCUT2D eigenvalue weighted by Gasteiger charge is -1.90. The molecule has 1 aromatic rings. The summed E-state index contributed by atoms with van der Waals surface area (Å²) in [5.74, 6) is 0. The Morgan fingerprint density at radius 1 is 1.82 bits per heavy atom. The van der Waals surface area contributed by atoms with Gasteiger partial charge in [-0.25, -0.2) is 4.68 Å². The Bertz CT molecular complexity index is 297. The molecule has 0 saturated carbocycles. The van der Waals surface area contributed by atoms with Crippen molar-refractivity contribution in [3.05, 3.63) is 22.5 Å². The van der Waals surface area contributed by atoms with Crippen LogP contribution in [0.3, 0.4) is 0 Å². The molecule has 0 bridgehead atoms.